The molecule has 1 amide bonds. The molecule has 0 bridgehead atoms. The van der Waals surface area contributed by atoms with Crippen molar-refractivity contribution in [2.24, 2.45) is 0 Å². The number of carbonyl (C=O) groups is 1. The minimum Gasteiger partial charge on any atom is -0.379 e. The van der Waals surface area contributed by atoms with Gasteiger partial charge in [-0.25, -0.2) is 17.7 Å². The Balaban J connectivity index is 1.64. The van der Waals surface area contributed by atoms with Crippen LogP contribution in [0.15, 0.2) is 47.4 Å². The van der Waals surface area contributed by atoms with Crippen molar-refractivity contribution in [3.8, 4) is 0 Å². The van der Waals surface area contributed by atoms with E-state index in [2.05, 4.69) is 4.90 Å². The normalized spacial score (nSPS) is 15.3. The van der Waals surface area contributed by atoms with Crippen LogP contribution >= 0.6 is 11.3 Å². The molecule has 2 aromatic carbocycles. The van der Waals surface area contributed by atoms with Gasteiger partial charge in [0.15, 0.2) is 5.13 Å². The van der Waals surface area contributed by atoms with Gasteiger partial charge in [0.05, 0.1) is 28.3 Å². The van der Waals surface area contributed by atoms with E-state index in [1.165, 1.54) is 37.6 Å². The van der Waals surface area contributed by atoms with Crippen LogP contribution in [0.2, 0.25) is 0 Å². The van der Waals surface area contributed by atoms with Crippen molar-refractivity contribution in [2.45, 2.75) is 11.8 Å². The average molecular weight is 489 g/mol. The van der Waals surface area contributed by atoms with E-state index in [0.717, 1.165) is 33.2 Å². The van der Waals surface area contributed by atoms with Crippen molar-refractivity contribution in [3.63, 3.8) is 0 Å². The molecule has 0 aliphatic carbocycles. The van der Waals surface area contributed by atoms with E-state index in [1.54, 1.807) is 17.0 Å². The molecule has 2 heterocycles. The first-order chi connectivity index (χ1) is 15.8. The minimum atomic E-state index is -3.56. The van der Waals surface area contributed by atoms with Crippen LogP contribution in [0, 0.1) is 6.92 Å². The Labute approximate surface area is 198 Å². The number of carbonyl (C=O) groups excluding carboxylic acids is 1. The minimum absolute atomic E-state index is 0.152. The zero-order chi connectivity index (χ0) is 23.6. The largest absolute Gasteiger partial charge is 0.379 e. The monoisotopic (exact) mass is 488 g/mol. The third kappa shape index (κ3) is 5.10. The summed E-state index contributed by atoms with van der Waals surface area (Å²) in [4.78, 5) is 22.5. The smallest absolute Gasteiger partial charge is 0.260 e. The molecule has 0 unspecified atom stereocenters. The molecular formula is C23H28N4O4S2. The summed E-state index contributed by atoms with van der Waals surface area (Å²) in [7, 11) is -0.593. The fourth-order valence-electron chi connectivity index (χ4n) is 3.68. The van der Waals surface area contributed by atoms with Gasteiger partial charge in [-0.1, -0.05) is 23.5 Å². The lowest BCUT2D eigenvalue weighted by Gasteiger charge is -2.29. The second-order valence-corrected chi connectivity index (χ2v) is 11.3. The summed E-state index contributed by atoms with van der Waals surface area (Å²) in [5.74, 6) is -0.200. The summed E-state index contributed by atoms with van der Waals surface area (Å²) in [6.45, 7) is 6.24. The van der Waals surface area contributed by atoms with Crippen molar-refractivity contribution in [3.05, 3.63) is 53.6 Å². The molecule has 3 aromatic rings. The molecule has 0 N–H and O–H groups in total. The standard InChI is InChI=1S/C23H28N4O4S2/c1-17-5-4-6-20-21(17)24-23(32-20)27(12-11-26-13-15-31-16-14-26)22(28)18-7-9-19(10-8-18)33(29,30)25(2)3/h4-10H,11-16H2,1-3H3. The van der Waals surface area contributed by atoms with Crippen LogP contribution in [0.4, 0.5) is 5.13 Å². The van der Waals surface area contributed by atoms with Crippen LogP contribution in [-0.4, -0.2) is 82.0 Å². The first-order valence-electron chi connectivity index (χ1n) is 10.8. The predicted octanol–water partition coefficient (Wildman–Crippen LogP) is 2.83. The molecule has 0 atom stereocenters. The highest BCUT2D eigenvalue weighted by Crippen LogP contribution is 2.31. The number of nitrogens with zero attached hydrogens (tertiary/aromatic N) is 4. The highest BCUT2D eigenvalue weighted by atomic mass is 32.2. The molecule has 8 nitrogen and oxygen atoms in total. The number of anilines is 1. The van der Waals surface area contributed by atoms with Crippen LogP contribution in [-0.2, 0) is 14.8 Å². The van der Waals surface area contributed by atoms with Crippen molar-refractivity contribution in [2.75, 3.05) is 58.4 Å². The summed E-state index contributed by atoms with van der Waals surface area (Å²) >= 11 is 1.49. The zero-order valence-corrected chi connectivity index (χ0v) is 20.7. The molecule has 33 heavy (non-hydrogen) atoms. The first kappa shape index (κ1) is 23.8. The summed E-state index contributed by atoms with van der Waals surface area (Å²) in [5.41, 5.74) is 2.38. The van der Waals surface area contributed by atoms with Gasteiger partial charge in [0.25, 0.3) is 5.91 Å². The Morgan fingerprint density at radius 3 is 2.45 bits per heavy atom. The number of benzene rings is 2. The molecule has 1 aliphatic heterocycles. The van der Waals surface area contributed by atoms with Gasteiger partial charge in [-0.2, -0.15) is 0 Å². The van der Waals surface area contributed by atoms with E-state index in [0.29, 0.717) is 37.0 Å². The van der Waals surface area contributed by atoms with Crippen molar-refractivity contribution < 1.29 is 17.9 Å². The summed E-state index contributed by atoms with van der Waals surface area (Å²) in [5, 5.41) is 0.641. The zero-order valence-electron chi connectivity index (χ0n) is 19.0. The van der Waals surface area contributed by atoms with Gasteiger partial charge >= 0.3 is 0 Å². The molecule has 0 radical (unpaired) electrons. The highest BCUT2D eigenvalue weighted by Gasteiger charge is 2.24. The number of aromatic nitrogens is 1. The topological polar surface area (TPSA) is 83.0 Å². The predicted molar refractivity (Wildman–Crippen MR) is 131 cm³/mol. The molecular weight excluding hydrogens is 460 g/mol. The molecule has 1 aliphatic rings. The van der Waals surface area contributed by atoms with Crippen LogP contribution < -0.4 is 4.90 Å². The number of ether oxygens (including phenoxy) is 1. The number of amides is 1. The number of rotatable bonds is 7. The Morgan fingerprint density at radius 2 is 1.82 bits per heavy atom. The van der Waals surface area contributed by atoms with Gasteiger partial charge < -0.3 is 4.74 Å². The number of fused-ring (bicyclic) bond motifs is 1. The quantitative estimate of drug-likeness (QED) is 0.509. The Morgan fingerprint density at radius 1 is 1.12 bits per heavy atom. The Kier molecular flexibility index (Phi) is 7.10. The van der Waals surface area contributed by atoms with E-state index in [-0.39, 0.29) is 10.8 Å². The summed E-state index contributed by atoms with van der Waals surface area (Å²) in [6.07, 6.45) is 0. The lowest BCUT2D eigenvalue weighted by atomic mass is 10.2. The van der Waals surface area contributed by atoms with Crippen LogP contribution in [0.25, 0.3) is 10.2 Å². The van der Waals surface area contributed by atoms with Gasteiger partial charge in [-0.3, -0.25) is 14.6 Å². The van der Waals surface area contributed by atoms with E-state index in [1.807, 2.05) is 25.1 Å². The van der Waals surface area contributed by atoms with Crippen molar-refractivity contribution in [1.82, 2.24) is 14.2 Å². The molecule has 176 valence electrons. The first-order valence-corrected chi connectivity index (χ1v) is 13.0. The van der Waals surface area contributed by atoms with Crippen LogP contribution in [0.5, 0.6) is 0 Å². The maximum atomic E-state index is 13.6. The van der Waals surface area contributed by atoms with Gasteiger partial charge in [0.1, 0.15) is 0 Å². The fourth-order valence-corrected chi connectivity index (χ4v) is 5.65. The lowest BCUT2D eigenvalue weighted by Crippen LogP contribution is -2.43. The molecule has 10 heteroatoms. The van der Waals surface area contributed by atoms with Crippen LogP contribution in [0.1, 0.15) is 15.9 Å². The van der Waals surface area contributed by atoms with Gasteiger partial charge in [0, 0.05) is 45.8 Å². The van der Waals surface area contributed by atoms with Crippen LogP contribution in [0.3, 0.4) is 0 Å². The summed E-state index contributed by atoms with van der Waals surface area (Å²) in [6, 6.07) is 12.1. The number of sulfonamides is 1. The van der Waals surface area contributed by atoms with E-state index in [9.17, 15) is 13.2 Å². The highest BCUT2D eigenvalue weighted by molar-refractivity contribution is 7.89. The number of thiazole rings is 1. The molecule has 1 saturated heterocycles. The van der Waals surface area contributed by atoms with Crippen molar-refractivity contribution >= 4 is 42.6 Å². The maximum absolute atomic E-state index is 13.6. The number of para-hydroxylation sites is 1. The average Bonchev–Trinajstić information content (AvgIpc) is 3.25. The van der Waals surface area contributed by atoms with Crippen molar-refractivity contribution in [1.29, 1.82) is 0 Å². The van der Waals surface area contributed by atoms with Gasteiger partial charge in [-0.15, -0.1) is 0 Å². The van der Waals surface area contributed by atoms with Gasteiger partial charge in [-0.05, 0) is 42.8 Å². The second-order valence-electron chi connectivity index (χ2n) is 8.14. The van der Waals surface area contributed by atoms with Gasteiger partial charge in [0.2, 0.25) is 10.0 Å². The Bertz CT molecular complexity index is 1230. The third-order valence-corrected chi connectivity index (χ3v) is 8.58. The molecule has 1 aromatic heterocycles. The second kappa shape index (κ2) is 9.86. The third-order valence-electron chi connectivity index (χ3n) is 5.71. The lowest BCUT2D eigenvalue weighted by molar-refractivity contribution is 0.0391. The molecule has 0 spiro atoms. The molecule has 1 fully saturated rings. The number of hydrogen-bond acceptors (Lipinski definition) is 7. The van der Waals surface area contributed by atoms with E-state index >= 15 is 0 Å². The Hall–Kier alpha value is -2.37. The number of hydrogen-bond donors (Lipinski definition) is 0. The molecule has 0 saturated carbocycles. The number of morpholine rings is 1. The SMILES string of the molecule is Cc1cccc2sc(N(CCN3CCOCC3)C(=O)c3ccc(S(=O)(=O)N(C)C)cc3)nc12. The van der Waals surface area contributed by atoms with E-state index in [4.69, 9.17) is 9.72 Å². The maximum Gasteiger partial charge on any atom is 0.260 e. The number of aryl methyl sites for hydroxylation is 1. The summed E-state index contributed by atoms with van der Waals surface area (Å²) < 4.78 is 32.4. The fraction of sp³-hybridized carbons (Fsp3) is 0.391. The van der Waals surface area contributed by atoms with E-state index < -0.39 is 10.0 Å². The molecule has 4 rings (SSSR count).